The standard InChI is InChI=1S/C32H32N2O7/c1-21-18-34(30(36)33-28(21)35)29-27-17-31(41-29,19-39-27)20-40-32(22-7-5-4-6-8-22,23-9-13-25(37-2)14-10-23)24-11-15-26(38-3)16-12-24/h4-16,18,27,29H,17,19-20H2,1-3H3,(H,33,35,36). The van der Waals surface area contributed by atoms with Crippen LogP contribution < -0.4 is 20.7 Å². The summed E-state index contributed by atoms with van der Waals surface area (Å²) in [6, 6.07) is 25.7. The summed E-state index contributed by atoms with van der Waals surface area (Å²) in [6.45, 7) is 2.16. The first-order valence-corrected chi connectivity index (χ1v) is 13.5. The molecule has 3 aromatic carbocycles. The summed E-state index contributed by atoms with van der Waals surface area (Å²) in [5, 5.41) is 0. The van der Waals surface area contributed by atoms with Gasteiger partial charge in [-0.05, 0) is 47.9 Å². The van der Waals surface area contributed by atoms with Crippen LogP contribution in [-0.4, -0.2) is 48.7 Å². The second-order valence-corrected chi connectivity index (χ2v) is 10.5. The number of benzene rings is 3. The number of fused-ring (bicyclic) bond motifs is 2. The predicted octanol–water partition coefficient (Wildman–Crippen LogP) is 3.93. The summed E-state index contributed by atoms with van der Waals surface area (Å²) >= 11 is 0. The third kappa shape index (κ3) is 4.76. The van der Waals surface area contributed by atoms with Crippen molar-refractivity contribution in [1.82, 2.24) is 9.55 Å². The zero-order valence-corrected chi connectivity index (χ0v) is 23.2. The fourth-order valence-electron chi connectivity index (χ4n) is 5.80. The number of nitrogens with zero attached hydrogens (tertiary/aromatic N) is 1. The Balaban J connectivity index is 1.41. The third-order valence-corrected chi connectivity index (χ3v) is 7.97. The second kappa shape index (κ2) is 10.7. The van der Waals surface area contributed by atoms with Crippen molar-refractivity contribution in [3.05, 3.63) is 128 Å². The lowest BCUT2D eigenvalue weighted by atomic mass is 9.79. The maximum atomic E-state index is 12.7. The number of aromatic nitrogens is 2. The van der Waals surface area contributed by atoms with E-state index in [1.807, 2.05) is 78.9 Å². The van der Waals surface area contributed by atoms with E-state index >= 15 is 0 Å². The van der Waals surface area contributed by atoms with Crippen molar-refractivity contribution in [3.8, 4) is 11.5 Å². The molecule has 2 bridgehead atoms. The highest BCUT2D eigenvalue weighted by Crippen LogP contribution is 2.48. The predicted molar refractivity (Wildman–Crippen MR) is 152 cm³/mol. The molecule has 4 aromatic rings. The van der Waals surface area contributed by atoms with Gasteiger partial charge in [0, 0.05) is 18.2 Å². The van der Waals surface area contributed by atoms with Crippen LogP contribution in [-0.2, 0) is 19.8 Å². The Kier molecular flexibility index (Phi) is 7.03. The zero-order valence-electron chi connectivity index (χ0n) is 23.2. The average molecular weight is 557 g/mol. The van der Waals surface area contributed by atoms with E-state index in [1.165, 1.54) is 10.8 Å². The summed E-state index contributed by atoms with van der Waals surface area (Å²) in [6.07, 6.45) is 1.03. The Morgan fingerprint density at radius 1 is 0.902 bits per heavy atom. The first-order chi connectivity index (χ1) is 19.9. The van der Waals surface area contributed by atoms with Crippen LogP contribution in [0.3, 0.4) is 0 Å². The van der Waals surface area contributed by atoms with Crippen molar-refractivity contribution >= 4 is 0 Å². The zero-order chi connectivity index (χ0) is 28.6. The lowest BCUT2D eigenvalue weighted by molar-refractivity contribution is -0.200. The monoisotopic (exact) mass is 556 g/mol. The fourth-order valence-corrected chi connectivity index (χ4v) is 5.80. The number of rotatable bonds is 9. The summed E-state index contributed by atoms with van der Waals surface area (Å²) in [5.41, 5.74) is 0.407. The molecule has 0 saturated carbocycles. The lowest BCUT2D eigenvalue weighted by Crippen LogP contribution is -2.45. The lowest BCUT2D eigenvalue weighted by Gasteiger charge is -2.39. The van der Waals surface area contributed by atoms with Gasteiger partial charge in [-0.15, -0.1) is 0 Å². The van der Waals surface area contributed by atoms with Gasteiger partial charge in [0.2, 0.25) is 0 Å². The van der Waals surface area contributed by atoms with E-state index in [0.29, 0.717) is 18.6 Å². The van der Waals surface area contributed by atoms with Gasteiger partial charge >= 0.3 is 5.69 Å². The van der Waals surface area contributed by atoms with Crippen LogP contribution in [0.5, 0.6) is 11.5 Å². The SMILES string of the molecule is COc1ccc(C(OCC23COC(C2)C(n2cc(C)c(=O)[nH]c2=O)O3)(c2ccccc2)c2ccc(OC)cc2)cc1. The molecule has 3 atom stereocenters. The van der Waals surface area contributed by atoms with Crippen molar-refractivity contribution in [2.24, 2.45) is 0 Å². The van der Waals surface area contributed by atoms with E-state index in [0.717, 1.165) is 28.2 Å². The molecule has 0 spiro atoms. The van der Waals surface area contributed by atoms with Crippen LogP contribution in [0.1, 0.15) is 34.9 Å². The summed E-state index contributed by atoms with van der Waals surface area (Å²) in [4.78, 5) is 27.0. The van der Waals surface area contributed by atoms with Crippen molar-refractivity contribution in [2.45, 2.75) is 36.9 Å². The van der Waals surface area contributed by atoms with Gasteiger partial charge < -0.3 is 23.7 Å². The number of nitrogens with one attached hydrogen (secondary N) is 1. The number of ether oxygens (including phenoxy) is 5. The molecule has 2 fully saturated rings. The molecule has 212 valence electrons. The van der Waals surface area contributed by atoms with Crippen molar-refractivity contribution in [2.75, 3.05) is 27.4 Å². The minimum absolute atomic E-state index is 0.185. The van der Waals surface area contributed by atoms with E-state index in [-0.39, 0.29) is 12.7 Å². The van der Waals surface area contributed by atoms with Crippen LogP contribution in [0.25, 0.3) is 0 Å². The molecule has 0 amide bonds. The molecule has 1 aromatic heterocycles. The normalized spacial score (nSPS) is 21.6. The van der Waals surface area contributed by atoms with Gasteiger partial charge in [-0.1, -0.05) is 54.6 Å². The Morgan fingerprint density at radius 2 is 1.49 bits per heavy atom. The molecular formula is C32H32N2O7. The Labute approximate surface area is 237 Å². The van der Waals surface area contributed by atoms with E-state index in [4.69, 9.17) is 23.7 Å². The summed E-state index contributed by atoms with van der Waals surface area (Å²) < 4.78 is 32.0. The van der Waals surface area contributed by atoms with Crippen molar-refractivity contribution < 1.29 is 23.7 Å². The molecule has 2 aliphatic rings. The minimum Gasteiger partial charge on any atom is -0.497 e. The minimum atomic E-state index is -1.01. The van der Waals surface area contributed by atoms with E-state index < -0.39 is 28.7 Å². The summed E-state index contributed by atoms with van der Waals surface area (Å²) in [7, 11) is 3.27. The fraction of sp³-hybridized carbons (Fsp3) is 0.312. The largest absolute Gasteiger partial charge is 0.497 e. The molecule has 0 radical (unpaired) electrons. The quantitative estimate of drug-likeness (QED) is 0.312. The summed E-state index contributed by atoms with van der Waals surface area (Å²) in [5.74, 6) is 1.47. The number of H-pyrrole nitrogens is 1. The van der Waals surface area contributed by atoms with E-state index in [9.17, 15) is 9.59 Å². The average Bonchev–Trinajstić information content (AvgIpc) is 3.60. The number of hydrogen-bond acceptors (Lipinski definition) is 7. The number of hydrogen-bond donors (Lipinski definition) is 1. The van der Waals surface area contributed by atoms with Gasteiger partial charge in [0.25, 0.3) is 5.56 Å². The van der Waals surface area contributed by atoms with Gasteiger partial charge in [0.05, 0.1) is 27.4 Å². The van der Waals surface area contributed by atoms with Crippen LogP contribution in [0.4, 0.5) is 0 Å². The Hall–Kier alpha value is -4.18. The first kappa shape index (κ1) is 27.0. The molecular weight excluding hydrogens is 524 g/mol. The Morgan fingerprint density at radius 3 is 2.07 bits per heavy atom. The van der Waals surface area contributed by atoms with Gasteiger partial charge in [-0.3, -0.25) is 14.3 Å². The molecule has 9 nitrogen and oxygen atoms in total. The molecule has 0 aliphatic carbocycles. The number of methoxy groups -OCH3 is 2. The molecule has 41 heavy (non-hydrogen) atoms. The smallest absolute Gasteiger partial charge is 0.330 e. The van der Waals surface area contributed by atoms with Crippen LogP contribution in [0.15, 0.2) is 94.6 Å². The van der Waals surface area contributed by atoms with Gasteiger partial charge in [-0.25, -0.2) is 4.79 Å². The molecule has 1 N–H and O–H groups in total. The highest BCUT2D eigenvalue weighted by molar-refractivity contribution is 5.49. The van der Waals surface area contributed by atoms with Crippen molar-refractivity contribution in [1.29, 1.82) is 0 Å². The number of aromatic amines is 1. The second-order valence-electron chi connectivity index (χ2n) is 10.5. The third-order valence-electron chi connectivity index (χ3n) is 7.97. The van der Waals surface area contributed by atoms with Gasteiger partial charge in [-0.2, -0.15) is 0 Å². The Bertz CT molecular complexity index is 1580. The highest BCUT2D eigenvalue weighted by Gasteiger charge is 2.56. The highest BCUT2D eigenvalue weighted by atomic mass is 16.6. The van der Waals surface area contributed by atoms with Crippen molar-refractivity contribution in [3.63, 3.8) is 0 Å². The van der Waals surface area contributed by atoms with Gasteiger partial charge in [0.1, 0.15) is 28.8 Å². The molecule has 3 heterocycles. The number of aryl methyl sites for hydroxylation is 1. The van der Waals surface area contributed by atoms with E-state index in [1.54, 1.807) is 21.1 Å². The topological polar surface area (TPSA) is 101 Å². The van der Waals surface area contributed by atoms with E-state index in [2.05, 4.69) is 4.98 Å². The van der Waals surface area contributed by atoms with Crippen LogP contribution in [0, 0.1) is 6.92 Å². The molecule has 9 heteroatoms. The van der Waals surface area contributed by atoms with Crippen LogP contribution in [0.2, 0.25) is 0 Å². The van der Waals surface area contributed by atoms with Crippen LogP contribution >= 0.6 is 0 Å². The van der Waals surface area contributed by atoms with Gasteiger partial charge in [0.15, 0.2) is 6.23 Å². The first-order valence-electron chi connectivity index (χ1n) is 13.5. The molecule has 2 aliphatic heterocycles. The molecule has 2 saturated heterocycles. The maximum absolute atomic E-state index is 12.7. The molecule has 3 unspecified atom stereocenters. The molecule has 6 rings (SSSR count). The maximum Gasteiger partial charge on any atom is 0.330 e.